The Morgan fingerprint density at radius 2 is 1.69 bits per heavy atom. The van der Waals surface area contributed by atoms with Gasteiger partial charge >= 0.3 is 0 Å². The van der Waals surface area contributed by atoms with Gasteiger partial charge in [0.1, 0.15) is 5.69 Å². The molecule has 2 aromatic heterocycles. The first-order valence-electron chi connectivity index (χ1n) is 9.00. The average molecular weight is 347 g/mol. The Morgan fingerprint density at radius 1 is 0.962 bits per heavy atom. The van der Waals surface area contributed by atoms with E-state index in [1.807, 2.05) is 52.0 Å². The van der Waals surface area contributed by atoms with Crippen LogP contribution in [0.3, 0.4) is 0 Å². The van der Waals surface area contributed by atoms with Gasteiger partial charge in [-0.15, -0.1) is 5.10 Å². The summed E-state index contributed by atoms with van der Waals surface area (Å²) in [5.74, 6) is -0.0316. The lowest BCUT2D eigenvalue weighted by Gasteiger charge is -2.26. The second-order valence-electron chi connectivity index (χ2n) is 6.52. The highest BCUT2D eigenvalue weighted by Crippen LogP contribution is 2.24. The summed E-state index contributed by atoms with van der Waals surface area (Å²) >= 11 is 0. The van der Waals surface area contributed by atoms with Gasteiger partial charge in [0.15, 0.2) is 5.69 Å². The SMILES string of the molecule is O=C(c1nnn(Cc2ccccc2)c1-c1ccncc1)N1CCCCC1. The number of piperidine rings is 1. The van der Waals surface area contributed by atoms with Crippen molar-refractivity contribution in [2.75, 3.05) is 13.1 Å². The maximum atomic E-state index is 13.1. The lowest BCUT2D eigenvalue weighted by molar-refractivity contribution is 0.0719. The van der Waals surface area contributed by atoms with E-state index in [2.05, 4.69) is 15.3 Å². The second kappa shape index (κ2) is 7.47. The summed E-state index contributed by atoms with van der Waals surface area (Å²) < 4.78 is 1.81. The molecule has 3 heterocycles. The van der Waals surface area contributed by atoms with Gasteiger partial charge in [0, 0.05) is 31.0 Å². The number of hydrogen-bond acceptors (Lipinski definition) is 4. The van der Waals surface area contributed by atoms with Gasteiger partial charge in [0.25, 0.3) is 5.91 Å². The predicted octanol–water partition coefficient (Wildman–Crippen LogP) is 3.01. The molecule has 6 nitrogen and oxygen atoms in total. The predicted molar refractivity (Wildman–Crippen MR) is 98.6 cm³/mol. The molecule has 1 fully saturated rings. The Balaban J connectivity index is 1.73. The van der Waals surface area contributed by atoms with Crippen molar-refractivity contribution in [1.82, 2.24) is 24.9 Å². The summed E-state index contributed by atoms with van der Waals surface area (Å²) in [4.78, 5) is 19.0. The molecule has 0 bridgehead atoms. The number of hydrogen-bond donors (Lipinski definition) is 0. The minimum Gasteiger partial charge on any atom is -0.337 e. The van der Waals surface area contributed by atoms with Crippen LogP contribution >= 0.6 is 0 Å². The maximum absolute atomic E-state index is 13.1. The normalized spacial score (nSPS) is 14.4. The Hall–Kier alpha value is -3.02. The van der Waals surface area contributed by atoms with Crippen molar-refractivity contribution in [3.05, 3.63) is 66.1 Å². The molecule has 0 unspecified atom stereocenters. The number of carbonyl (C=O) groups is 1. The van der Waals surface area contributed by atoms with Gasteiger partial charge in [-0.25, -0.2) is 4.68 Å². The maximum Gasteiger partial charge on any atom is 0.276 e. The van der Waals surface area contributed by atoms with Crippen LogP contribution in [0, 0.1) is 0 Å². The Labute approximate surface area is 152 Å². The molecule has 4 rings (SSSR count). The van der Waals surface area contributed by atoms with E-state index < -0.39 is 0 Å². The smallest absolute Gasteiger partial charge is 0.276 e. The molecule has 3 aromatic rings. The number of amides is 1. The van der Waals surface area contributed by atoms with Gasteiger partial charge in [-0.05, 0) is 37.0 Å². The molecule has 0 atom stereocenters. The van der Waals surface area contributed by atoms with E-state index in [4.69, 9.17) is 0 Å². The molecule has 6 heteroatoms. The molecule has 0 aliphatic carbocycles. The van der Waals surface area contributed by atoms with Crippen LogP contribution in [0.15, 0.2) is 54.9 Å². The number of aromatic nitrogens is 4. The van der Waals surface area contributed by atoms with E-state index in [1.54, 1.807) is 12.4 Å². The Kier molecular flexibility index (Phi) is 4.73. The molecule has 1 aliphatic heterocycles. The standard InChI is InChI=1S/C20H21N5O/c26-20(24-13-5-2-6-14-24)18-19(17-9-11-21-12-10-17)25(23-22-18)15-16-7-3-1-4-8-16/h1,3-4,7-12H,2,5-6,13-15H2. The first-order chi connectivity index (χ1) is 12.8. The van der Waals surface area contributed by atoms with Gasteiger partial charge in [-0.1, -0.05) is 35.5 Å². The molecular formula is C20H21N5O. The summed E-state index contributed by atoms with van der Waals surface area (Å²) in [6, 6.07) is 13.9. The average Bonchev–Trinajstić information content (AvgIpc) is 3.13. The highest BCUT2D eigenvalue weighted by molar-refractivity contribution is 5.98. The number of rotatable bonds is 4. The van der Waals surface area contributed by atoms with Crippen molar-refractivity contribution in [2.45, 2.75) is 25.8 Å². The highest BCUT2D eigenvalue weighted by Gasteiger charge is 2.26. The number of likely N-dealkylation sites (tertiary alicyclic amines) is 1. The third kappa shape index (κ3) is 3.35. The van der Waals surface area contributed by atoms with E-state index in [0.717, 1.165) is 42.8 Å². The molecule has 26 heavy (non-hydrogen) atoms. The molecule has 0 radical (unpaired) electrons. The van der Waals surface area contributed by atoms with Crippen LogP contribution in [-0.2, 0) is 6.54 Å². The minimum atomic E-state index is -0.0316. The highest BCUT2D eigenvalue weighted by atomic mass is 16.2. The van der Waals surface area contributed by atoms with E-state index >= 15 is 0 Å². The van der Waals surface area contributed by atoms with Crippen molar-refractivity contribution in [3.8, 4) is 11.3 Å². The number of pyridine rings is 1. The van der Waals surface area contributed by atoms with Crippen LogP contribution in [0.1, 0.15) is 35.3 Å². The van der Waals surface area contributed by atoms with Crippen molar-refractivity contribution < 1.29 is 4.79 Å². The van der Waals surface area contributed by atoms with Crippen LogP contribution in [0.2, 0.25) is 0 Å². The fraction of sp³-hybridized carbons (Fsp3) is 0.300. The summed E-state index contributed by atoms with van der Waals surface area (Å²) in [5.41, 5.74) is 3.20. The van der Waals surface area contributed by atoms with Gasteiger partial charge in [0.2, 0.25) is 0 Å². The minimum absolute atomic E-state index is 0.0316. The quantitative estimate of drug-likeness (QED) is 0.728. The van der Waals surface area contributed by atoms with Gasteiger partial charge in [0.05, 0.1) is 6.54 Å². The third-order valence-electron chi connectivity index (χ3n) is 4.71. The van der Waals surface area contributed by atoms with Gasteiger partial charge in [-0.3, -0.25) is 9.78 Å². The Bertz CT molecular complexity index is 870. The largest absolute Gasteiger partial charge is 0.337 e. The van der Waals surface area contributed by atoms with Gasteiger partial charge < -0.3 is 4.90 Å². The van der Waals surface area contributed by atoms with E-state index in [1.165, 1.54) is 6.42 Å². The third-order valence-corrected chi connectivity index (χ3v) is 4.71. The van der Waals surface area contributed by atoms with E-state index in [-0.39, 0.29) is 5.91 Å². The molecule has 0 saturated carbocycles. The summed E-state index contributed by atoms with van der Waals surface area (Å²) in [6.07, 6.45) is 6.74. The van der Waals surface area contributed by atoms with E-state index in [0.29, 0.717) is 12.2 Å². The monoisotopic (exact) mass is 347 g/mol. The van der Waals surface area contributed by atoms with Crippen molar-refractivity contribution in [3.63, 3.8) is 0 Å². The fourth-order valence-electron chi connectivity index (χ4n) is 3.37. The molecule has 1 aromatic carbocycles. The zero-order valence-corrected chi connectivity index (χ0v) is 14.6. The van der Waals surface area contributed by atoms with Crippen LogP contribution in [0.25, 0.3) is 11.3 Å². The zero-order valence-electron chi connectivity index (χ0n) is 14.6. The molecule has 1 aliphatic rings. The first kappa shape index (κ1) is 16.4. The van der Waals surface area contributed by atoms with Crippen LogP contribution in [-0.4, -0.2) is 43.9 Å². The topological polar surface area (TPSA) is 63.9 Å². The summed E-state index contributed by atoms with van der Waals surface area (Å²) in [6.45, 7) is 2.15. The van der Waals surface area contributed by atoms with E-state index in [9.17, 15) is 4.79 Å². The molecule has 1 amide bonds. The number of benzene rings is 1. The van der Waals surface area contributed by atoms with Crippen LogP contribution < -0.4 is 0 Å². The number of carbonyl (C=O) groups excluding carboxylic acids is 1. The van der Waals surface area contributed by atoms with Crippen molar-refractivity contribution in [1.29, 1.82) is 0 Å². The number of nitrogens with zero attached hydrogens (tertiary/aromatic N) is 5. The van der Waals surface area contributed by atoms with Crippen molar-refractivity contribution >= 4 is 5.91 Å². The van der Waals surface area contributed by atoms with Crippen molar-refractivity contribution in [2.24, 2.45) is 0 Å². The van der Waals surface area contributed by atoms with Crippen LogP contribution in [0.5, 0.6) is 0 Å². The first-order valence-corrected chi connectivity index (χ1v) is 9.00. The zero-order chi connectivity index (χ0) is 17.8. The molecule has 0 spiro atoms. The summed E-state index contributed by atoms with van der Waals surface area (Å²) in [7, 11) is 0. The molecule has 1 saturated heterocycles. The second-order valence-corrected chi connectivity index (χ2v) is 6.52. The van der Waals surface area contributed by atoms with Gasteiger partial charge in [-0.2, -0.15) is 0 Å². The van der Waals surface area contributed by atoms with Crippen LogP contribution in [0.4, 0.5) is 0 Å². The lowest BCUT2D eigenvalue weighted by atomic mass is 10.1. The molecular weight excluding hydrogens is 326 g/mol. The molecule has 132 valence electrons. The summed E-state index contributed by atoms with van der Waals surface area (Å²) in [5, 5.41) is 8.57. The molecule has 0 N–H and O–H groups in total. The fourth-order valence-corrected chi connectivity index (χ4v) is 3.37. The Morgan fingerprint density at radius 3 is 2.42 bits per heavy atom. The lowest BCUT2D eigenvalue weighted by Crippen LogP contribution is -2.36.